The maximum Gasteiger partial charge on any atom is 0.453 e. The summed E-state index contributed by atoms with van der Waals surface area (Å²) in [5.41, 5.74) is 0. The van der Waals surface area contributed by atoms with E-state index in [-0.39, 0.29) is 5.95 Å². The summed E-state index contributed by atoms with van der Waals surface area (Å²) in [5, 5.41) is 6.33. The predicted octanol–water partition coefficient (Wildman–Crippen LogP) is 2.70. The first-order valence-electron chi connectivity index (χ1n) is 5.99. The Hall–Kier alpha value is -2.49. The van der Waals surface area contributed by atoms with Crippen LogP contribution in [0.1, 0.15) is 15.5 Å². The lowest BCUT2D eigenvalue weighted by molar-refractivity contribution is -0.144. The minimum Gasteiger partial charge on any atom is -0.290 e. The number of nitrogens with one attached hydrogen (secondary N) is 1. The largest absolute Gasteiger partial charge is 0.453 e. The fourth-order valence-electron chi connectivity index (χ4n) is 1.76. The first-order valence-corrected chi connectivity index (χ1v) is 6.80. The van der Waals surface area contributed by atoms with E-state index in [1.807, 2.05) is 0 Å². The predicted molar refractivity (Wildman–Crippen MR) is 73.6 cm³/mol. The van der Waals surface area contributed by atoms with E-state index >= 15 is 0 Å². The van der Waals surface area contributed by atoms with Crippen LogP contribution in [0.3, 0.4) is 0 Å². The minimum absolute atomic E-state index is 0.275. The van der Waals surface area contributed by atoms with Crippen molar-refractivity contribution in [2.75, 3.05) is 5.32 Å². The molecule has 3 heterocycles. The molecular formula is C12H8F3N5OS. The monoisotopic (exact) mass is 327 g/mol. The Labute approximate surface area is 125 Å². The average molecular weight is 327 g/mol. The second-order valence-corrected chi connectivity index (χ2v) is 5.37. The van der Waals surface area contributed by atoms with E-state index < -0.39 is 17.9 Å². The number of aryl methyl sites for hydroxylation is 1. The smallest absolute Gasteiger partial charge is 0.290 e. The Balaban J connectivity index is 1.86. The molecule has 0 saturated heterocycles. The van der Waals surface area contributed by atoms with Gasteiger partial charge in [0.15, 0.2) is 0 Å². The summed E-state index contributed by atoms with van der Waals surface area (Å²) in [7, 11) is 1.27. The van der Waals surface area contributed by atoms with Crippen LogP contribution < -0.4 is 5.32 Å². The minimum atomic E-state index is -4.66. The number of nitrogens with zero attached hydrogens (tertiary/aromatic N) is 4. The first kappa shape index (κ1) is 14.4. The fraction of sp³-hybridized carbons (Fsp3) is 0.167. The quantitative estimate of drug-likeness (QED) is 0.785. The number of pyridine rings is 1. The maximum absolute atomic E-state index is 12.5. The van der Waals surface area contributed by atoms with Crippen LogP contribution >= 0.6 is 11.3 Å². The molecule has 0 aromatic carbocycles. The zero-order valence-corrected chi connectivity index (χ0v) is 11.9. The Kier molecular flexibility index (Phi) is 3.32. The molecule has 0 aliphatic carbocycles. The molecule has 0 spiro atoms. The number of carbonyl (C=O) groups is 1. The van der Waals surface area contributed by atoms with E-state index in [2.05, 4.69) is 20.4 Å². The number of anilines is 1. The van der Waals surface area contributed by atoms with Crippen molar-refractivity contribution in [1.82, 2.24) is 19.7 Å². The van der Waals surface area contributed by atoms with E-state index in [1.165, 1.54) is 7.05 Å². The summed E-state index contributed by atoms with van der Waals surface area (Å²) in [6, 6.07) is 5.14. The molecule has 0 saturated carbocycles. The SMILES string of the molecule is Cn1nc(C(F)(F)F)nc1NC(=O)c1cc2cccnc2s1. The molecule has 0 aliphatic rings. The van der Waals surface area contributed by atoms with Gasteiger partial charge >= 0.3 is 6.18 Å². The van der Waals surface area contributed by atoms with Crippen molar-refractivity contribution < 1.29 is 18.0 Å². The standard InChI is InChI=1S/C12H8F3N5OS/c1-20-11(18-10(19-20)12(13,14)15)17-8(21)7-5-6-3-2-4-16-9(6)22-7/h2-5H,1H3,(H,17,18,19,21). The molecule has 22 heavy (non-hydrogen) atoms. The van der Waals surface area contributed by atoms with Crippen molar-refractivity contribution in [3.8, 4) is 0 Å². The molecule has 6 nitrogen and oxygen atoms in total. The van der Waals surface area contributed by atoms with Crippen molar-refractivity contribution in [3.05, 3.63) is 35.1 Å². The molecule has 1 N–H and O–H groups in total. The third-order valence-corrected chi connectivity index (χ3v) is 3.82. The van der Waals surface area contributed by atoms with Gasteiger partial charge in [0.2, 0.25) is 5.95 Å². The molecule has 0 aliphatic heterocycles. The van der Waals surface area contributed by atoms with Crippen molar-refractivity contribution >= 4 is 33.4 Å². The lowest BCUT2D eigenvalue weighted by Gasteiger charge is -2.00. The zero-order valence-electron chi connectivity index (χ0n) is 11.0. The van der Waals surface area contributed by atoms with E-state index in [0.29, 0.717) is 9.71 Å². The van der Waals surface area contributed by atoms with Gasteiger partial charge in [-0.15, -0.1) is 16.4 Å². The third-order valence-electron chi connectivity index (χ3n) is 2.76. The van der Waals surface area contributed by atoms with E-state index in [9.17, 15) is 18.0 Å². The lowest BCUT2D eigenvalue weighted by atomic mass is 10.3. The number of amides is 1. The maximum atomic E-state index is 12.5. The molecule has 0 radical (unpaired) electrons. The van der Waals surface area contributed by atoms with Gasteiger partial charge in [0.1, 0.15) is 4.83 Å². The summed E-state index contributed by atoms with van der Waals surface area (Å²) in [4.78, 5) is 20.5. The first-order chi connectivity index (χ1) is 10.3. The number of carbonyl (C=O) groups excluding carboxylic acids is 1. The molecule has 114 valence electrons. The molecule has 3 aromatic rings. The number of fused-ring (bicyclic) bond motifs is 1. The van der Waals surface area contributed by atoms with Crippen LogP contribution in [0.25, 0.3) is 10.2 Å². The summed E-state index contributed by atoms with van der Waals surface area (Å²) in [5.74, 6) is -2.14. The van der Waals surface area contributed by atoms with Gasteiger partial charge in [-0.05, 0) is 12.1 Å². The highest BCUT2D eigenvalue weighted by molar-refractivity contribution is 7.20. The number of rotatable bonds is 2. The average Bonchev–Trinajstić information content (AvgIpc) is 3.02. The number of aromatic nitrogens is 4. The van der Waals surface area contributed by atoms with Gasteiger partial charge < -0.3 is 0 Å². The van der Waals surface area contributed by atoms with E-state index in [1.54, 1.807) is 24.4 Å². The molecule has 0 fully saturated rings. The summed E-state index contributed by atoms with van der Waals surface area (Å²) in [6.45, 7) is 0. The molecular weight excluding hydrogens is 319 g/mol. The highest BCUT2D eigenvalue weighted by Crippen LogP contribution is 2.28. The molecule has 3 aromatic heterocycles. The van der Waals surface area contributed by atoms with Gasteiger partial charge in [-0.25, -0.2) is 9.67 Å². The molecule has 0 bridgehead atoms. The van der Waals surface area contributed by atoms with Gasteiger partial charge in [0.05, 0.1) is 4.88 Å². The van der Waals surface area contributed by atoms with E-state index in [0.717, 1.165) is 21.4 Å². The van der Waals surface area contributed by atoms with Crippen LogP contribution in [0.4, 0.5) is 19.1 Å². The summed E-state index contributed by atoms with van der Waals surface area (Å²) < 4.78 is 38.4. The van der Waals surface area contributed by atoms with Crippen LogP contribution in [0, 0.1) is 0 Å². The number of halogens is 3. The van der Waals surface area contributed by atoms with Crippen molar-refractivity contribution in [1.29, 1.82) is 0 Å². The van der Waals surface area contributed by atoms with Crippen LogP contribution in [0.15, 0.2) is 24.4 Å². The lowest BCUT2D eigenvalue weighted by Crippen LogP contribution is -2.14. The number of thiophene rings is 1. The molecule has 10 heteroatoms. The Morgan fingerprint density at radius 2 is 2.18 bits per heavy atom. The number of hydrogen-bond acceptors (Lipinski definition) is 5. The van der Waals surface area contributed by atoms with E-state index in [4.69, 9.17) is 0 Å². The highest BCUT2D eigenvalue weighted by Gasteiger charge is 2.37. The Bertz CT molecular complexity index is 821. The normalized spacial score (nSPS) is 11.8. The van der Waals surface area contributed by atoms with Crippen molar-refractivity contribution in [2.45, 2.75) is 6.18 Å². The van der Waals surface area contributed by atoms with Crippen molar-refractivity contribution in [2.24, 2.45) is 7.05 Å². The third kappa shape index (κ3) is 2.64. The second kappa shape index (κ2) is 5.05. The van der Waals surface area contributed by atoms with Gasteiger partial charge in [-0.1, -0.05) is 6.07 Å². The highest BCUT2D eigenvalue weighted by atomic mass is 32.1. The zero-order chi connectivity index (χ0) is 15.9. The number of hydrogen-bond donors (Lipinski definition) is 1. The van der Waals surface area contributed by atoms with Crippen molar-refractivity contribution in [3.63, 3.8) is 0 Å². The van der Waals surface area contributed by atoms with Gasteiger partial charge in [-0.2, -0.15) is 18.2 Å². The Morgan fingerprint density at radius 3 is 2.82 bits per heavy atom. The molecule has 1 amide bonds. The van der Waals surface area contributed by atoms with Crippen LogP contribution in [0.5, 0.6) is 0 Å². The molecule has 0 unspecified atom stereocenters. The molecule has 0 atom stereocenters. The fourth-order valence-corrected chi connectivity index (χ4v) is 2.66. The van der Waals surface area contributed by atoms with Crippen LogP contribution in [0.2, 0.25) is 0 Å². The summed E-state index contributed by atoms with van der Waals surface area (Å²) >= 11 is 1.14. The Morgan fingerprint density at radius 1 is 1.41 bits per heavy atom. The number of alkyl halides is 3. The van der Waals surface area contributed by atoms with Gasteiger partial charge in [0.25, 0.3) is 11.7 Å². The second-order valence-electron chi connectivity index (χ2n) is 4.34. The van der Waals surface area contributed by atoms with Crippen LogP contribution in [-0.2, 0) is 13.2 Å². The topological polar surface area (TPSA) is 72.7 Å². The van der Waals surface area contributed by atoms with Gasteiger partial charge in [0, 0.05) is 18.6 Å². The van der Waals surface area contributed by atoms with Crippen LogP contribution in [-0.4, -0.2) is 25.7 Å². The summed E-state index contributed by atoms with van der Waals surface area (Å²) in [6.07, 6.45) is -3.07. The molecule has 3 rings (SSSR count). The van der Waals surface area contributed by atoms with Gasteiger partial charge in [-0.3, -0.25) is 10.1 Å².